The smallest absolute Gasteiger partial charge is 0.170 e. The van der Waals surface area contributed by atoms with Gasteiger partial charge >= 0.3 is 0 Å². The van der Waals surface area contributed by atoms with Gasteiger partial charge in [-0.05, 0) is 29.5 Å². The van der Waals surface area contributed by atoms with E-state index in [1.165, 1.54) is 0 Å². The van der Waals surface area contributed by atoms with Crippen LogP contribution < -0.4 is 4.74 Å². The van der Waals surface area contributed by atoms with Gasteiger partial charge < -0.3 is 4.74 Å². The maximum absolute atomic E-state index is 12.4. The molecule has 90 valence electrons. The first-order chi connectivity index (χ1) is 7.99. The fraction of sp³-hybridized carbons (Fsp3) is 0.500. The molecule has 1 aliphatic carbocycles. The molecule has 1 atom stereocenters. The van der Waals surface area contributed by atoms with Crippen molar-refractivity contribution < 1.29 is 9.53 Å². The van der Waals surface area contributed by atoms with Gasteiger partial charge in [0.15, 0.2) is 5.78 Å². The highest BCUT2D eigenvalue weighted by Gasteiger charge is 2.51. The lowest BCUT2D eigenvalue weighted by molar-refractivity contribution is 0.0950. The number of halogens is 1. The number of fused-ring (bicyclic) bond motifs is 1. The van der Waals surface area contributed by atoms with Crippen LogP contribution in [0.5, 0.6) is 5.75 Å². The predicted octanol–water partition coefficient (Wildman–Crippen LogP) is 3.61. The van der Waals surface area contributed by atoms with Gasteiger partial charge in [-0.2, -0.15) is 0 Å². The molecule has 1 heterocycles. The van der Waals surface area contributed by atoms with Crippen molar-refractivity contribution in [2.45, 2.75) is 26.7 Å². The lowest BCUT2D eigenvalue weighted by Crippen LogP contribution is -2.08. The van der Waals surface area contributed by atoms with Gasteiger partial charge in [0.25, 0.3) is 0 Å². The molecule has 1 fully saturated rings. The van der Waals surface area contributed by atoms with Crippen LogP contribution in [-0.4, -0.2) is 12.4 Å². The Kier molecular flexibility index (Phi) is 2.37. The summed E-state index contributed by atoms with van der Waals surface area (Å²) in [4.78, 5) is 12.4. The van der Waals surface area contributed by atoms with Crippen LogP contribution in [0.25, 0.3) is 0 Å². The van der Waals surface area contributed by atoms with Crippen molar-refractivity contribution >= 4 is 21.7 Å². The number of ether oxygens (including phenoxy) is 1. The highest BCUT2D eigenvalue weighted by Crippen LogP contribution is 2.54. The SMILES string of the molecule is CC1(C)CC1C(=O)c1cc(Br)cc2c1OCC2. The largest absolute Gasteiger partial charge is 0.492 e. The van der Waals surface area contributed by atoms with Gasteiger partial charge in [-0.25, -0.2) is 0 Å². The van der Waals surface area contributed by atoms with Crippen molar-refractivity contribution in [1.82, 2.24) is 0 Å². The number of ketones is 1. The number of carbonyl (C=O) groups is 1. The van der Waals surface area contributed by atoms with Crippen molar-refractivity contribution in [3.8, 4) is 5.75 Å². The van der Waals surface area contributed by atoms with Crippen molar-refractivity contribution in [3.05, 3.63) is 27.7 Å². The molecular weight excluding hydrogens is 280 g/mol. The lowest BCUT2D eigenvalue weighted by atomic mass is 9.98. The maximum Gasteiger partial charge on any atom is 0.170 e. The highest BCUT2D eigenvalue weighted by atomic mass is 79.9. The highest BCUT2D eigenvalue weighted by molar-refractivity contribution is 9.10. The molecule has 2 aliphatic rings. The first-order valence-electron chi connectivity index (χ1n) is 5.98. The summed E-state index contributed by atoms with van der Waals surface area (Å²) in [5.74, 6) is 1.24. The molecule has 1 aromatic rings. The van der Waals surface area contributed by atoms with E-state index >= 15 is 0 Å². The Morgan fingerprint density at radius 3 is 2.82 bits per heavy atom. The van der Waals surface area contributed by atoms with E-state index in [9.17, 15) is 4.79 Å². The molecular formula is C14H15BrO2. The molecule has 1 aliphatic heterocycles. The number of rotatable bonds is 2. The predicted molar refractivity (Wildman–Crippen MR) is 69.6 cm³/mol. The molecule has 0 radical (unpaired) electrons. The summed E-state index contributed by atoms with van der Waals surface area (Å²) in [5, 5.41) is 0. The van der Waals surface area contributed by atoms with Crippen LogP contribution in [0.15, 0.2) is 16.6 Å². The molecule has 3 heteroatoms. The third-order valence-electron chi connectivity index (χ3n) is 3.84. The zero-order valence-electron chi connectivity index (χ0n) is 10.0. The number of hydrogen-bond acceptors (Lipinski definition) is 2. The van der Waals surface area contributed by atoms with Crippen LogP contribution >= 0.6 is 15.9 Å². The van der Waals surface area contributed by atoms with Crippen molar-refractivity contribution in [3.63, 3.8) is 0 Å². The topological polar surface area (TPSA) is 26.3 Å². The lowest BCUT2D eigenvalue weighted by Gasteiger charge is -2.09. The van der Waals surface area contributed by atoms with E-state index in [1.807, 2.05) is 6.07 Å². The van der Waals surface area contributed by atoms with E-state index < -0.39 is 0 Å². The minimum absolute atomic E-state index is 0.171. The van der Waals surface area contributed by atoms with Crippen LogP contribution in [0.2, 0.25) is 0 Å². The zero-order valence-corrected chi connectivity index (χ0v) is 11.6. The Balaban J connectivity index is 2.01. The summed E-state index contributed by atoms with van der Waals surface area (Å²) < 4.78 is 6.59. The van der Waals surface area contributed by atoms with E-state index in [2.05, 4.69) is 35.8 Å². The molecule has 1 unspecified atom stereocenters. The normalized spacial score (nSPS) is 24.1. The second kappa shape index (κ2) is 3.58. The Hall–Kier alpha value is -0.830. The summed E-state index contributed by atoms with van der Waals surface area (Å²) in [7, 11) is 0. The maximum atomic E-state index is 12.4. The van der Waals surface area contributed by atoms with Gasteiger partial charge in [-0.3, -0.25) is 4.79 Å². The third-order valence-corrected chi connectivity index (χ3v) is 4.30. The molecule has 17 heavy (non-hydrogen) atoms. The van der Waals surface area contributed by atoms with Gasteiger partial charge in [0.2, 0.25) is 0 Å². The van der Waals surface area contributed by atoms with Gasteiger partial charge in [0, 0.05) is 16.8 Å². The fourth-order valence-electron chi connectivity index (χ4n) is 2.55. The standard InChI is InChI=1S/C14H15BrO2/c1-14(2)7-11(14)12(16)10-6-9(15)5-8-3-4-17-13(8)10/h5-6,11H,3-4,7H2,1-2H3. The number of benzene rings is 1. The molecule has 1 saturated carbocycles. The fourth-order valence-corrected chi connectivity index (χ4v) is 3.06. The molecule has 1 aromatic carbocycles. The Morgan fingerprint density at radius 2 is 2.18 bits per heavy atom. The number of Topliss-reactive ketones (excluding diaryl/α,β-unsaturated/α-hetero) is 1. The number of hydrogen-bond donors (Lipinski definition) is 0. The van der Waals surface area contributed by atoms with E-state index in [4.69, 9.17) is 4.74 Å². The van der Waals surface area contributed by atoms with Gasteiger partial charge in [0.1, 0.15) is 5.75 Å². The molecule has 0 amide bonds. The van der Waals surface area contributed by atoms with E-state index in [0.717, 1.165) is 34.2 Å². The van der Waals surface area contributed by atoms with E-state index in [1.54, 1.807) is 0 Å². The summed E-state index contributed by atoms with van der Waals surface area (Å²) in [6.07, 6.45) is 1.90. The molecule has 0 N–H and O–H groups in total. The summed E-state index contributed by atoms with van der Waals surface area (Å²) in [5.41, 5.74) is 2.09. The average Bonchev–Trinajstić information content (AvgIpc) is 2.71. The summed E-state index contributed by atoms with van der Waals surface area (Å²) in [6, 6.07) is 3.96. The molecule has 0 saturated heterocycles. The van der Waals surface area contributed by atoms with Crippen molar-refractivity contribution in [2.75, 3.05) is 6.61 Å². The van der Waals surface area contributed by atoms with Crippen molar-refractivity contribution in [1.29, 1.82) is 0 Å². The first-order valence-corrected chi connectivity index (χ1v) is 6.78. The monoisotopic (exact) mass is 294 g/mol. The molecule has 3 rings (SSSR count). The Bertz CT molecular complexity index is 505. The molecule has 0 spiro atoms. The van der Waals surface area contributed by atoms with E-state index in [-0.39, 0.29) is 17.1 Å². The second-order valence-electron chi connectivity index (χ2n) is 5.65. The Labute approximate surface area is 109 Å². The summed E-state index contributed by atoms with van der Waals surface area (Å²) >= 11 is 3.47. The zero-order chi connectivity index (χ0) is 12.2. The van der Waals surface area contributed by atoms with Crippen LogP contribution in [0.4, 0.5) is 0 Å². The molecule has 2 nitrogen and oxygen atoms in total. The third kappa shape index (κ3) is 1.81. The van der Waals surface area contributed by atoms with Gasteiger partial charge in [0.05, 0.1) is 12.2 Å². The van der Waals surface area contributed by atoms with Crippen LogP contribution in [-0.2, 0) is 6.42 Å². The van der Waals surface area contributed by atoms with Crippen LogP contribution in [0.3, 0.4) is 0 Å². The summed E-state index contributed by atoms with van der Waals surface area (Å²) in [6.45, 7) is 4.99. The first kappa shape index (κ1) is 11.3. The molecule has 0 bridgehead atoms. The quantitative estimate of drug-likeness (QED) is 0.779. The minimum atomic E-state index is 0.171. The molecule has 0 aromatic heterocycles. The minimum Gasteiger partial charge on any atom is -0.492 e. The van der Waals surface area contributed by atoms with Crippen LogP contribution in [0.1, 0.15) is 36.2 Å². The van der Waals surface area contributed by atoms with E-state index in [0.29, 0.717) is 6.61 Å². The van der Waals surface area contributed by atoms with Crippen molar-refractivity contribution in [2.24, 2.45) is 11.3 Å². The van der Waals surface area contributed by atoms with Gasteiger partial charge in [-0.1, -0.05) is 29.8 Å². The Morgan fingerprint density at radius 1 is 1.47 bits per heavy atom. The van der Waals surface area contributed by atoms with Crippen LogP contribution in [0, 0.1) is 11.3 Å². The number of carbonyl (C=O) groups excluding carboxylic acids is 1. The second-order valence-corrected chi connectivity index (χ2v) is 6.57. The average molecular weight is 295 g/mol. The van der Waals surface area contributed by atoms with Gasteiger partial charge in [-0.15, -0.1) is 0 Å².